The molecule has 5 nitrogen and oxygen atoms in total. The molecule has 2 aromatic heterocycles. The zero-order chi connectivity index (χ0) is 15.7. The predicted octanol–water partition coefficient (Wildman–Crippen LogP) is 3.10. The van der Waals surface area contributed by atoms with Gasteiger partial charge in [0.05, 0.1) is 33.1 Å². The predicted molar refractivity (Wildman–Crippen MR) is 87.1 cm³/mol. The highest BCUT2D eigenvalue weighted by Gasteiger charge is 2.17. The van der Waals surface area contributed by atoms with Crippen molar-refractivity contribution >= 4 is 27.5 Å². The fourth-order valence-electron chi connectivity index (χ4n) is 2.28. The molecular formula is C14H18BrClN4O. The molecule has 114 valence electrons. The van der Waals surface area contributed by atoms with E-state index in [2.05, 4.69) is 26.0 Å². The summed E-state index contributed by atoms with van der Waals surface area (Å²) in [5, 5.41) is 5.12. The Labute approximate surface area is 137 Å². The number of aryl methyl sites for hydroxylation is 3. The highest BCUT2D eigenvalue weighted by atomic mass is 79.9. The van der Waals surface area contributed by atoms with Gasteiger partial charge in [0.1, 0.15) is 0 Å². The molecule has 0 aliphatic heterocycles. The van der Waals surface area contributed by atoms with E-state index in [1.165, 1.54) is 0 Å². The van der Waals surface area contributed by atoms with E-state index in [1.54, 1.807) is 11.5 Å². The van der Waals surface area contributed by atoms with Gasteiger partial charge in [-0.05, 0) is 43.1 Å². The third kappa shape index (κ3) is 2.92. The van der Waals surface area contributed by atoms with Crippen LogP contribution in [0.15, 0.2) is 9.27 Å². The first-order valence-corrected chi connectivity index (χ1v) is 8.05. The first-order valence-electron chi connectivity index (χ1n) is 6.88. The van der Waals surface area contributed by atoms with Crippen LogP contribution in [0.25, 0.3) is 0 Å². The van der Waals surface area contributed by atoms with Crippen LogP contribution in [0.2, 0.25) is 5.02 Å². The van der Waals surface area contributed by atoms with Gasteiger partial charge in [-0.2, -0.15) is 10.1 Å². The van der Waals surface area contributed by atoms with Crippen molar-refractivity contribution < 1.29 is 0 Å². The van der Waals surface area contributed by atoms with Crippen molar-refractivity contribution in [3.63, 3.8) is 0 Å². The smallest absolute Gasteiger partial charge is 0.289 e. The Morgan fingerprint density at radius 1 is 1.29 bits per heavy atom. The number of hydrogen-bond donors (Lipinski definition) is 0. The number of hydrogen-bond acceptors (Lipinski definition) is 3. The second-order valence-electron chi connectivity index (χ2n) is 4.84. The Bertz CT molecular complexity index is 736. The molecule has 0 unspecified atom stereocenters. The largest absolute Gasteiger partial charge is 0.348 e. The lowest BCUT2D eigenvalue weighted by Crippen LogP contribution is -2.28. The van der Waals surface area contributed by atoms with Crippen LogP contribution < -0.4 is 5.69 Å². The molecule has 0 aliphatic carbocycles. The van der Waals surface area contributed by atoms with E-state index in [-0.39, 0.29) is 5.69 Å². The summed E-state index contributed by atoms with van der Waals surface area (Å²) in [6.07, 6.45) is 0.766. The monoisotopic (exact) mass is 372 g/mol. The van der Waals surface area contributed by atoms with Gasteiger partial charge in [-0.25, -0.2) is 4.79 Å². The lowest BCUT2D eigenvalue weighted by atomic mass is 10.3. The molecule has 0 radical (unpaired) electrons. The van der Waals surface area contributed by atoms with Crippen molar-refractivity contribution in [2.45, 2.75) is 47.2 Å². The highest BCUT2D eigenvalue weighted by molar-refractivity contribution is 9.10. The summed E-state index contributed by atoms with van der Waals surface area (Å²) in [4.78, 5) is 16.2. The van der Waals surface area contributed by atoms with Crippen molar-refractivity contribution in [2.75, 3.05) is 0 Å². The molecule has 0 amide bonds. The van der Waals surface area contributed by atoms with E-state index in [9.17, 15) is 4.79 Å². The maximum absolute atomic E-state index is 12.2. The molecule has 0 aliphatic rings. The first-order chi connectivity index (χ1) is 9.90. The standard InChI is InChI=1S/C14H18BrClN4O/c1-5-10-13(16)11(20(6-2)18-10)7-19-9(4)12(15)8(3)17-14(19)21/h5-7H2,1-4H3. The number of nitrogens with zero attached hydrogens (tertiary/aromatic N) is 4. The molecule has 2 aromatic rings. The van der Waals surface area contributed by atoms with Gasteiger partial charge in [0.2, 0.25) is 0 Å². The summed E-state index contributed by atoms with van der Waals surface area (Å²) in [6.45, 7) is 8.80. The van der Waals surface area contributed by atoms with Gasteiger partial charge in [-0.15, -0.1) is 0 Å². The van der Waals surface area contributed by atoms with Gasteiger partial charge < -0.3 is 0 Å². The average molecular weight is 374 g/mol. The zero-order valence-corrected chi connectivity index (χ0v) is 14.9. The summed E-state index contributed by atoms with van der Waals surface area (Å²) < 4.78 is 4.31. The fourth-order valence-corrected chi connectivity index (χ4v) is 2.91. The summed E-state index contributed by atoms with van der Waals surface area (Å²) in [6, 6.07) is 0. The Morgan fingerprint density at radius 2 is 1.95 bits per heavy atom. The minimum Gasteiger partial charge on any atom is -0.289 e. The van der Waals surface area contributed by atoms with E-state index in [0.717, 1.165) is 28.0 Å². The van der Waals surface area contributed by atoms with E-state index >= 15 is 0 Å². The molecule has 0 aromatic carbocycles. The van der Waals surface area contributed by atoms with Crippen LogP contribution in [0.5, 0.6) is 0 Å². The molecule has 0 saturated heterocycles. The molecule has 21 heavy (non-hydrogen) atoms. The van der Waals surface area contributed by atoms with Gasteiger partial charge >= 0.3 is 5.69 Å². The van der Waals surface area contributed by atoms with E-state index in [4.69, 9.17) is 11.6 Å². The van der Waals surface area contributed by atoms with Gasteiger partial charge in [-0.1, -0.05) is 18.5 Å². The van der Waals surface area contributed by atoms with E-state index in [1.807, 2.05) is 25.5 Å². The number of aromatic nitrogens is 4. The second kappa shape index (κ2) is 6.32. The SMILES string of the molecule is CCc1nn(CC)c(Cn2c(C)c(Br)c(C)nc2=O)c1Cl. The molecule has 0 saturated carbocycles. The number of halogens is 2. The van der Waals surface area contributed by atoms with Crippen molar-refractivity contribution in [1.82, 2.24) is 19.3 Å². The second-order valence-corrected chi connectivity index (χ2v) is 6.01. The molecule has 0 N–H and O–H groups in total. The lowest BCUT2D eigenvalue weighted by molar-refractivity contribution is 0.577. The lowest BCUT2D eigenvalue weighted by Gasteiger charge is -2.13. The number of rotatable bonds is 4. The zero-order valence-electron chi connectivity index (χ0n) is 12.6. The fraction of sp³-hybridized carbons (Fsp3) is 0.500. The maximum Gasteiger partial charge on any atom is 0.348 e. The van der Waals surface area contributed by atoms with Crippen molar-refractivity contribution in [3.05, 3.63) is 42.8 Å². The molecule has 2 rings (SSSR count). The third-order valence-electron chi connectivity index (χ3n) is 3.54. The molecule has 7 heteroatoms. The summed E-state index contributed by atoms with van der Waals surface area (Å²) in [7, 11) is 0. The van der Waals surface area contributed by atoms with Crippen LogP contribution in [0.1, 0.15) is 36.6 Å². The van der Waals surface area contributed by atoms with E-state index < -0.39 is 0 Å². The summed E-state index contributed by atoms with van der Waals surface area (Å²) >= 11 is 9.88. The Kier molecular flexibility index (Phi) is 4.88. The molecule has 0 atom stereocenters. The minimum absolute atomic E-state index is 0.272. The van der Waals surface area contributed by atoms with E-state index in [0.29, 0.717) is 23.8 Å². The van der Waals surface area contributed by atoms with Crippen LogP contribution in [-0.2, 0) is 19.5 Å². The Balaban J connectivity index is 2.56. The van der Waals surface area contributed by atoms with Crippen molar-refractivity contribution in [1.29, 1.82) is 0 Å². The van der Waals surface area contributed by atoms with Gasteiger partial charge in [-0.3, -0.25) is 9.25 Å². The molecule has 0 bridgehead atoms. The minimum atomic E-state index is -0.272. The average Bonchev–Trinajstić information content (AvgIpc) is 2.77. The molecule has 2 heterocycles. The first kappa shape index (κ1) is 16.2. The third-order valence-corrected chi connectivity index (χ3v) is 5.12. The molecule has 0 fully saturated rings. The maximum atomic E-state index is 12.2. The topological polar surface area (TPSA) is 52.7 Å². The van der Waals surface area contributed by atoms with Crippen LogP contribution in [0, 0.1) is 13.8 Å². The van der Waals surface area contributed by atoms with Crippen molar-refractivity contribution in [2.24, 2.45) is 0 Å². The van der Waals surface area contributed by atoms with Gasteiger partial charge in [0.25, 0.3) is 0 Å². The molecule has 0 spiro atoms. The van der Waals surface area contributed by atoms with Crippen LogP contribution >= 0.6 is 27.5 Å². The normalized spacial score (nSPS) is 11.1. The summed E-state index contributed by atoms with van der Waals surface area (Å²) in [5.74, 6) is 0. The van der Waals surface area contributed by atoms with Crippen LogP contribution in [-0.4, -0.2) is 19.3 Å². The van der Waals surface area contributed by atoms with Gasteiger partial charge in [0.15, 0.2) is 0 Å². The quantitative estimate of drug-likeness (QED) is 0.827. The van der Waals surface area contributed by atoms with Crippen LogP contribution in [0.3, 0.4) is 0 Å². The molecular weight excluding hydrogens is 356 g/mol. The summed E-state index contributed by atoms with van der Waals surface area (Å²) in [5.41, 5.74) is 2.96. The van der Waals surface area contributed by atoms with Crippen LogP contribution in [0.4, 0.5) is 0 Å². The van der Waals surface area contributed by atoms with Crippen molar-refractivity contribution in [3.8, 4) is 0 Å². The Hall–Kier alpha value is -1.14. The highest BCUT2D eigenvalue weighted by Crippen LogP contribution is 2.24. The van der Waals surface area contributed by atoms with Gasteiger partial charge in [0, 0.05) is 12.2 Å². The Morgan fingerprint density at radius 3 is 2.52 bits per heavy atom.